The third kappa shape index (κ3) is 2.35. The molecule has 0 unspecified atom stereocenters. The molecule has 2 aliphatic carbocycles. The van der Waals surface area contributed by atoms with Crippen LogP contribution in [0.3, 0.4) is 0 Å². The maximum absolute atomic E-state index is 11.9. The van der Waals surface area contributed by atoms with E-state index in [0.29, 0.717) is 18.2 Å². The van der Waals surface area contributed by atoms with Crippen molar-refractivity contribution in [2.75, 3.05) is 13.7 Å². The number of hydrogen-bond acceptors (Lipinski definition) is 3. The lowest BCUT2D eigenvalue weighted by atomic mass is 10.1. The molecular weight excluding hydrogens is 242 g/mol. The molecule has 0 aliphatic heterocycles. The van der Waals surface area contributed by atoms with Crippen LogP contribution >= 0.6 is 0 Å². The number of rotatable bonds is 4. The Hall–Kier alpha value is -1.84. The minimum Gasteiger partial charge on any atom is -0.483 e. The number of Topliss-reactive ketones (excluding diaryl/α,β-unsaturated/α-hetero) is 1. The summed E-state index contributed by atoms with van der Waals surface area (Å²) in [5.74, 6) is 0.854. The number of ketones is 1. The van der Waals surface area contributed by atoms with Crippen molar-refractivity contribution in [1.82, 2.24) is 4.90 Å². The second-order valence-electron chi connectivity index (χ2n) is 5.23. The number of carbonyl (C=O) groups is 2. The number of fused-ring (bicyclic) bond motifs is 1. The summed E-state index contributed by atoms with van der Waals surface area (Å²) >= 11 is 0. The number of nitrogens with zero attached hydrogens (tertiary/aromatic N) is 1. The van der Waals surface area contributed by atoms with Crippen LogP contribution in [0.4, 0.5) is 0 Å². The van der Waals surface area contributed by atoms with Crippen molar-refractivity contribution in [3.63, 3.8) is 0 Å². The van der Waals surface area contributed by atoms with Gasteiger partial charge >= 0.3 is 0 Å². The summed E-state index contributed by atoms with van der Waals surface area (Å²) in [6.45, 7) is 0.0532. The number of ether oxygens (including phenoxy) is 1. The summed E-state index contributed by atoms with van der Waals surface area (Å²) in [5.41, 5.74) is 1.70. The predicted molar refractivity (Wildman–Crippen MR) is 70.4 cm³/mol. The standard InChI is InChI=1S/C15H17NO3/c1-16(10-5-6-10)15(18)9-19-14-4-2-3-11-12(14)7-8-13(11)17/h2-4,10H,5-9H2,1H3. The van der Waals surface area contributed by atoms with E-state index in [4.69, 9.17) is 4.74 Å². The van der Waals surface area contributed by atoms with E-state index in [-0.39, 0.29) is 18.3 Å². The molecule has 100 valence electrons. The van der Waals surface area contributed by atoms with Crippen molar-refractivity contribution < 1.29 is 14.3 Å². The molecule has 4 heteroatoms. The monoisotopic (exact) mass is 259 g/mol. The molecule has 2 aliphatic rings. The fraction of sp³-hybridized carbons (Fsp3) is 0.467. The van der Waals surface area contributed by atoms with E-state index in [2.05, 4.69) is 0 Å². The van der Waals surface area contributed by atoms with Crippen LogP contribution in [0.1, 0.15) is 35.2 Å². The van der Waals surface area contributed by atoms with Gasteiger partial charge in [-0.1, -0.05) is 12.1 Å². The Labute approximate surface area is 112 Å². The Morgan fingerprint density at radius 2 is 2.16 bits per heavy atom. The minimum atomic E-state index is 0.00410. The third-order valence-electron chi connectivity index (χ3n) is 3.87. The summed E-state index contributed by atoms with van der Waals surface area (Å²) in [7, 11) is 1.82. The van der Waals surface area contributed by atoms with Crippen molar-refractivity contribution >= 4 is 11.7 Å². The molecule has 3 rings (SSSR count). The highest BCUT2D eigenvalue weighted by atomic mass is 16.5. The summed E-state index contributed by atoms with van der Waals surface area (Å²) in [5, 5.41) is 0. The van der Waals surface area contributed by atoms with Gasteiger partial charge in [-0.05, 0) is 25.3 Å². The van der Waals surface area contributed by atoms with E-state index < -0.39 is 0 Å². The summed E-state index contributed by atoms with van der Waals surface area (Å²) in [6, 6.07) is 5.88. The molecule has 0 aromatic heterocycles. The first-order chi connectivity index (χ1) is 9.16. The molecule has 0 radical (unpaired) electrons. The van der Waals surface area contributed by atoms with E-state index in [1.165, 1.54) is 0 Å². The van der Waals surface area contributed by atoms with Crippen LogP contribution in [-0.2, 0) is 11.2 Å². The lowest BCUT2D eigenvalue weighted by molar-refractivity contribution is -0.132. The highest BCUT2D eigenvalue weighted by molar-refractivity contribution is 6.01. The van der Waals surface area contributed by atoms with Gasteiger partial charge in [0.2, 0.25) is 0 Å². The first-order valence-electron chi connectivity index (χ1n) is 6.70. The topological polar surface area (TPSA) is 46.6 Å². The Balaban J connectivity index is 1.67. The molecule has 0 heterocycles. The average Bonchev–Trinajstić information content (AvgIpc) is 3.20. The number of benzene rings is 1. The Morgan fingerprint density at radius 3 is 2.89 bits per heavy atom. The van der Waals surface area contributed by atoms with Crippen molar-refractivity contribution in [2.24, 2.45) is 0 Å². The quantitative estimate of drug-likeness (QED) is 0.828. The molecule has 0 atom stereocenters. The maximum atomic E-state index is 11.9. The second-order valence-corrected chi connectivity index (χ2v) is 5.23. The number of likely N-dealkylation sites (N-methyl/N-ethyl adjacent to an activating group) is 1. The van der Waals surface area contributed by atoms with Crippen LogP contribution in [0.2, 0.25) is 0 Å². The van der Waals surface area contributed by atoms with Crippen molar-refractivity contribution in [3.05, 3.63) is 29.3 Å². The smallest absolute Gasteiger partial charge is 0.260 e. The van der Waals surface area contributed by atoms with Crippen molar-refractivity contribution in [3.8, 4) is 5.75 Å². The highest BCUT2D eigenvalue weighted by Gasteiger charge is 2.30. The van der Waals surface area contributed by atoms with E-state index in [9.17, 15) is 9.59 Å². The molecule has 0 saturated heterocycles. The Morgan fingerprint density at radius 1 is 1.37 bits per heavy atom. The van der Waals surface area contributed by atoms with Crippen LogP contribution in [0.15, 0.2) is 18.2 Å². The van der Waals surface area contributed by atoms with Crippen LogP contribution in [0, 0.1) is 0 Å². The maximum Gasteiger partial charge on any atom is 0.260 e. The van der Waals surface area contributed by atoms with Gasteiger partial charge in [-0.25, -0.2) is 0 Å². The van der Waals surface area contributed by atoms with Crippen LogP contribution in [-0.4, -0.2) is 36.3 Å². The van der Waals surface area contributed by atoms with Gasteiger partial charge in [0.05, 0.1) is 0 Å². The van der Waals surface area contributed by atoms with Gasteiger partial charge in [0.15, 0.2) is 12.4 Å². The van der Waals surface area contributed by atoms with E-state index in [1.54, 1.807) is 4.90 Å². The van der Waals surface area contributed by atoms with Gasteiger partial charge in [0.25, 0.3) is 5.91 Å². The molecule has 19 heavy (non-hydrogen) atoms. The molecule has 0 N–H and O–H groups in total. The van der Waals surface area contributed by atoms with Crippen LogP contribution in [0.5, 0.6) is 5.75 Å². The second kappa shape index (κ2) is 4.68. The fourth-order valence-electron chi connectivity index (χ4n) is 2.50. The fourth-order valence-corrected chi connectivity index (χ4v) is 2.50. The molecule has 1 amide bonds. The molecule has 0 bridgehead atoms. The van der Waals surface area contributed by atoms with Gasteiger partial charge in [-0.3, -0.25) is 9.59 Å². The van der Waals surface area contributed by atoms with Crippen molar-refractivity contribution in [1.29, 1.82) is 0 Å². The molecule has 1 fully saturated rings. The first kappa shape index (κ1) is 12.2. The first-order valence-corrected chi connectivity index (χ1v) is 6.70. The third-order valence-corrected chi connectivity index (χ3v) is 3.87. The zero-order chi connectivity index (χ0) is 13.4. The molecule has 1 saturated carbocycles. The van der Waals surface area contributed by atoms with Gasteiger partial charge in [0.1, 0.15) is 5.75 Å². The van der Waals surface area contributed by atoms with Gasteiger partial charge < -0.3 is 9.64 Å². The summed E-state index contributed by atoms with van der Waals surface area (Å²) in [4.78, 5) is 25.3. The van der Waals surface area contributed by atoms with Crippen LogP contribution in [0.25, 0.3) is 0 Å². The van der Waals surface area contributed by atoms with Crippen LogP contribution < -0.4 is 4.74 Å². The molecular formula is C15H17NO3. The largest absolute Gasteiger partial charge is 0.483 e. The molecule has 0 spiro atoms. The number of hydrogen-bond donors (Lipinski definition) is 0. The number of amides is 1. The highest BCUT2D eigenvalue weighted by Crippen LogP contribution is 2.30. The van der Waals surface area contributed by atoms with Gasteiger partial charge in [-0.2, -0.15) is 0 Å². The summed E-state index contributed by atoms with van der Waals surface area (Å²) in [6.07, 6.45) is 3.46. The van der Waals surface area contributed by atoms with E-state index in [1.807, 2.05) is 25.2 Å². The predicted octanol–water partition coefficient (Wildman–Crippen LogP) is 1.82. The summed E-state index contributed by atoms with van der Waals surface area (Å²) < 4.78 is 5.61. The molecule has 1 aromatic carbocycles. The van der Waals surface area contributed by atoms with E-state index >= 15 is 0 Å². The Kier molecular flexibility index (Phi) is 3.01. The zero-order valence-corrected chi connectivity index (χ0v) is 11.0. The van der Waals surface area contributed by atoms with Crippen molar-refractivity contribution in [2.45, 2.75) is 31.7 Å². The Bertz CT molecular complexity index is 534. The zero-order valence-electron chi connectivity index (χ0n) is 11.0. The number of carbonyl (C=O) groups excluding carboxylic acids is 2. The SMILES string of the molecule is CN(C(=O)COc1cccc2c1CCC2=O)C1CC1. The molecule has 4 nitrogen and oxygen atoms in total. The minimum absolute atomic E-state index is 0.00410. The lowest BCUT2D eigenvalue weighted by Crippen LogP contribution is -2.33. The molecule has 1 aromatic rings. The average molecular weight is 259 g/mol. The van der Waals surface area contributed by atoms with Gasteiger partial charge in [0, 0.05) is 30.6 Å². The lowest BCUT2D eigenvalue weighted by Gasteiger charge is -2.17. The van der Waals surface area contributed by atoms with Gasteiger partial charge in [-0.15, -0.1) is 0 Å². The normalized spacial score (nSPS) is 17.2. The van der Waals surface area contributed by atoms with E-state index in [0.717, 1.165) is 30.4 Å².